The fourth-order valence-electron chi connectivity index (χ4n) is 3.36. The molecule has 0 aliphatic rings. The van der Waals surface area contributed by atoms with Gasteiger partial charge in [-0.15, -0.1) is 21.5 Å². The van der Waals surface area contributed by atoms with E-state index in [0.717, 1.165) is 16.1 Å². The molecule has 0 saturated heterocycles. The smallest absolute Gasteiger partial charge is 0.251 e. The van der Waals surface area contributed by atoms with Gasteiger partial charge in [-0.2, -0.15) is 0 Å². The Morgan fingerprint density at radius 1 is 1.06 bits per heavy atom. The van der Waals surface area contributed by atoms with Crippen LogP contribution in [-0.2, 0) is 11.8 Å². The number of amides is 2. The quantitative estimate of drug-likeness (QED) is 0.352. The molecule has 4 aromatic rings. The van der Waals surface area contributed by atoms with E-state index in [4.69, 9.17) is 0 Å². The van der Waals surface area contributed by atoms with E-state index in [1.165, 1.54) is 23.1 Å². The van der Waals surface area contributed by atoms with Crippen LogP contribution in [0.1, 0.15) is 34.0 Å². The van der Waals surface area contributed by atoms with E-state index in [1.54, 1.807) is 16.7 Å². The number of hydrogen-bond donors (Lipinski definition) is 2. The van der Waals surface area contributed by atoms with Gasteiger partial charge in [0, 0.05) is 23.1 Å². The monoisotopic (exact) mass is 492 g/mol. The molecule has 0 bridgehead atoms. The van der Waals surface area contributed by atoms with Gasteiger partial charge in [-0.25, -0.2) is 4.98 Å². The van der Waals surface area contributed by atoms with Gasteiger partial charge in [-0.3, -0.25) is 9.59 Å². The molecule has 2 amide bonds. The highest BCUT2D eigenvalue weighted by Crippen LogP contribution is 2.30. The summed E-state index contributed by atoms with van der Waals surface area (Å²) in [6, 6.07) is 18.5. The Bertz CT molecular complexity index is 1290. The van der Waals surface area contributed by atoms with Crippen LogP contribution in [0.15, 0.2) is 65.8 Å². The van der Waals surface area contributed by atoms with Gasteiger partial charge in [0.15, 0.2) is 16.1 Å². The number of aromatic nitrogens is 4. The van der Waals surface area contributed by atoms with Gasteiger partial charge in [0.1, 0.15) is 0 Å². The highest BCUT2D eigenvalue weighted by atomic mass is 32.2. The van der Waals surface area contributed by atoms with Gasteiger partial charge >= 0.3 is 0 Å². The molecule has 174 valence electrons. The van der Waals surface area contributed by atoms with Crippen LogP contribution in [0.25, 0.3) is 11.3 Å². The highest BCUT2D eigenvalue weighted by molar-refractivity contribution is 7.99. The number of hydrogen-bond acceptors (Lipinski definition) is 7. The second-order valence-corrected chi connectivity index (χ2v) is 9.73. The van der Waals surface area contributed by atoms with E-state index in [9.17, 15) is 9.59 Å². The van der Waals surface area contributed by atoms with E-state index >= 15 is 0 Å². The van der Waals surface area contributed by atoms with Crippen molar-refractivity contribution in [1.29, 1.82) is 0 Å². The SMILES string of the molecule is Cc1sc(NC(=O)CSc2nnc([C@H](C)NC(=O)c3ccccc3)n2C)nc1-c1ccccc1. The van der Waals surface area contributed by atoms with Gasteiger partial charge < -0.3 is 15.2 Å². The molecule has 0 fully saturated rings. The predicted molar refractivity (Wildman–Crippen MR) is 135 cm³/mol. The summed E-state index contributed by atoms with van der Waals surface area (Å²) in [4.78, 5) is 30.6. The van der Waals surface area contributed by atoms with Gasteiger partial charge in [0.25, 0.3) is 5.91 Å². The van der Waals surface area contributed by atoms with E-state index < -0.39 is 0 Å². The standard InChI is InChI=1S/C24H24N6O2S2/c1-15(25-22(32)18-12-8-5-9-13-18)21-28-29-24(30(21)3)33-14-19(31)26-23-27-20(16(2)34-23)17-10-6-4-7-11-17/h4-13,15H,14H2,1-3H3,(H,25,32)(H,26,27,31)/t15-/m0/s1. The van der Waals surface area contributed by atoms with Gasteiger partial charge in [0.2, 0.25) is 5.91 Å². The fraction of sp³-hybridized carbons (Fsp3) is 0.208. The molecule has 2 aromatic carbocycles. The van der Waals surface area contributed by atoms with Crippen molar-refractivity contribution in [2.24, 2.45) is 7.05 Å². The van der Waals surface area contributed by atoms with E-state index in [2.05, 4.69) is 25.8 Å². The second kappa shape index (κ2) is 10.6. The average Bonchev–Trinajstić information content (AvgIpc) is 3.40. The Hall–Kier alpha value is -3.50. The van der Waals surface area contributed by atoms with Crippen LogP contribution in [-0.4, -0.2) is 37.3 Å². The van der Waals surface area contributed by atoms with Crippen LogP contribution in [0.5, 0.6) is 0 Å². The van der Waals surface area contributed by atoms with Gasteiger partial charge in [-0.05, 0) is 26.0 Å². The lowest BCUT2D eigenvalue weighted by Crippen LogP contribution is -2.28. The van der Waals surface area contributed by atoms with Crippen molar-refractivity contribution in [2.45, 2.75) is 25.0 Å². The largest absolute Gasteiger partial charge is 0.342 e. The number of thioether (sulfide) groups is 1. The molecule has 0 aliphatic carbocycles. The molecule has 2 heterocycles. The highest BCUT2D eigenvalue weighted by Gasteiger charge is 2.19. The number of nitrogens with zero attached hydrogens (tertiary/aromatic N) is 4. The molecule has 0 spiro atoms. The fourth-order valence-corrected chi connectivity index (χ4v) is 4.93. The number of thiazole rings is 1. The van der Waals surface area contributed by atoms with Crippen molar-refractivity contribution in [1.82, 2.24) is 25.1 Å². The zero-order chi connectivity index (χ0) is 24.1. The number of rotatable bonds is 8. The van der Waals surface area contributed by atoms with E-state index in [1.807, 2.05) is 69.4 Å². The van der Waals surface area contributed by atoms with Crippen molar-refractivity contribution in [3.8, 4) is 11.3 Å². The molecule has 0 saturated carbocycles. The zero-order valence-corrected chi connectivity index (χ0v) is 20.6. The third kappa shape index (κ3) is 5.52. The van der Waals surface area contributed by atoms with Crippen LogP contribution in [0, 0.1) is 6.92 Å². The third-order valence-corrected chi connectivity index (χ3v) is 6.97. The van der Waals surface area contributed by atoms with Crippen molar-refractivity contribution in [3.63, 3.8) is 0 Å². The zero-order valence-electron chi connectivity index (χ0n) is 19.0. The summed E-state index contributed by atoms with van der Waals surface area (Å²) in [5.74, 6) is 0.414. The summed E-state index contributed by atoms with van der Waals surface area (Å²) in [5.41, 5.74) is 2.47. The number of carbonyl (C=O) groups excluding carboxylic acids is 2. The van der Waals surface area contributed by atoms with Crippen LogP contribution in [0.4, 0.5) is 5.13 Å². The van der Waals surface area contributed by atoms with Crippen LogP contribution < -0.4 is 10.6 Å². The first kappa shape index (κ1) is 23.7. The first-order chi connectivity index (χ1) is 16.4. The van der Waals surface area contributed by atoms with Crippen molar-refractivity contribution >= 4 is 40.0 Å². The molecule has 2 aromatic heterocycles. The Morgan fingerprint density at radius 2 is 1.74 bits per heavy atom. The summed E-state index contributed by atoms with van der Waals surface area (Å²) in [6.07, 6.45) is 0. The lowest BCUT2D eigenvalue weighted by atomic mass is 10.1. The second-order valence-electron chi connectivity index (χ2n) is 7.59. The maximum Gasteiger partial charge on any atom is 0.251 e. The minimum Gasteiger partial charge on any atom is -0.342 e. The van der Waals surface area contributed by atoms with Crippen LogP contribution in [0.3, 0.4) is 0 Å². The number of nitrogens with one attached hydrogen (secondary N) is 2. The molecule has 0 aliphatic heterocycles. The summed E-state index contributed by atoms with van der Waals surface area (Å²) in [6.45, 7) is 3.84. The molecule has 34 heavy (non-hydrogen) atoms. The molecule has 1 atom stereocenters. The van der Waals surface area contributed by atoms with Gasteiger partial charge in [0.05, 0.1) is 17.5 Å². The maximum atomic E-state index is 12.5. The summed E-state index contributed by atoms with van der Waals surface area (Å²) >= 11 is 2.73. The number of carbonyl (C=O) groups is 2. The minimum atomic E-state index is -0.344. The Morgan fingerprint density at radius 3 is 2.44 bits per heavy atom. The molecule has 8 nitrogen and oxygen atoms in total. The summed E-state index contributed by atoms with van der Waals surface area (Å²) in [5, 5.41) is 15.3. The normalized spacial score (nSPS) is 11.7. The number of anilines is 1. The minimum absolute atomic E-state index is 0.163. The van der Waals surface area contributed by atoms with E-state index in [-0.39, 0.29) is 23.6 Å². The summed E-state index contributed by atoms with van der Waals surface area (Å²) in [7, 11) is 1.82. The Balaban J connectivity index is 1.34. The molecule has 0 radical (unpaired) electrons. The topological polar surface area (TPSA) is 102 Å². The molecule has 0 unspecified atom stereocenters. The lowest BCUT2D eigenvalue weighted by Gasteiger charge is -2.13. The number of benzene rings is 2. The Labute approximate surface area is 205 Å². The molecule has 4 rings (SSSR count). The van der Waals surface area contributed by atoms with Crippen LogP contribution >= 0.6 is 23.1 Å². The average molecular weight is 493 g/mol. The summed E-state index contributed by atoms with van der Waals surface area (Å²) < 4.78 is 1.79. The molecular weight excluding hydrogens is 468 g/mol. The van der Waals surface area contributed by atoms with Crippen molar-refractivity contribution < 1.29 is 9.59 Å². The Kier molecular flexibility index (Phi) is 7.39. The first-order valence-corrected chi connectivity index (χ1v) is 12.4. The van der Waals surface area contributed by atoms with Gasteiger partial charge in [-0.1, -0.05) is 60.3 Å². The van der Waals surface area contributed by atoms with Crippen molar-refractivity contribution in [2.75, 3.05) is 11.1 Å². The molecule has 2 N–H and O–H groups in total. The maximum absolute atomic E-state index is 12.5. The molecular formula is C24H24N6O2S2. The molecule has 10 heteroatoms. The third-order valence-electron chi connectivity index (χ3n) is 5.06. The van der Waals surface area contributed by atoms with Crippen molar-refractivity contribution in [3.05, 3.63) is 76.9 Å². The predicted octanol–water partition coefficient (Wildman–Crippen LogP) is 4.47. The van der Waals surface area contributed by atoms with E-state index in [0.29, 0.717) is 21.7 Å². The number of aryl methyl sites for hydroxylation is 1. The lowest BCUT2D eigenvalue weighted by molar-refractivity contribution is -0.113. The van der Waals surface area contributed by atoms with Crippen LogP contribution in [0.2, 0.25) is 0 Å². The first-order valence-electron chi connectivity index (χ1n) is 10.6.